The topological polar surface area (TPSA) is 80.7 Å². The Morgan fingerprint density at radius 1 is 1.42 bits per heavy atom. The van der Waals surface area contributed by atoms with Crippen molar-refractivity contribution in [1.82, 2.24) is 10.3 Å². The molecule has 1 aliphatic rings. The van der Waals surface area contributed by atoms with Crippen LogP contribution < -0.4 is 10.9 Å². The van der Waals surface area contributed by atoms with Gasteiger partial charge in [0.15, 0.2) is 0 Å². The molecule has 0 radical (unpaired) electrons. The standard InChI is InChI=1S/C11H17BN2O4S/c1-10(2)11(3,4)18-12(17-10)7-6-19-8(14-7)5-13-9(15)16/h6,13H,5H2,1-4H3,(H,15,16). The van der Waals surface area contributed by atoms with Crippen molar-refractivity contribution < 1.29 is 19.2 Å². The molecule has 1 saturated heterocycles. The molecule has 6 nitrogen and oxygen atoms in total. The summed E-state index contributed by atoms with van der Waals surface area (Å²) < 4.78 is 11.7. The molecular formula is C11H17BN2O4S. The molecule has 19 heavy (non-hydrogen) atoms. The van der Waals surface area contributed by atoms with E-state index in [0.717, 1.165) is 0 Å². The summed E-state index contributed by atoms with van der Waals surface area (Å²) in [6, 6.07) is 0. The smallest absolute Gasteiger partial charge is 0.465 e. The minimum atomic E-state index is -1.06. The summed E-state index contributed by atoms with van der Waals surface area (Å²) in [5.41, 5.74) is -0.118. The van der Waals surface area contributed by atoms with E-state index in [-0.39, 0.29) is 6.54 Å². The fourth-order valence-electron chi connectivity index (χ4n) is 1.63. The van der Waals surface area contributed by atoms with E-state index >= 15 is 0 Å². The average molecular weight is 284 g/mol. The highest BCUT2D eigenvalue weighted by atomic mass is 32.1. The molecule has 104 valence electrons. The number of carboxylic acid groups (broad SMARTS) is 1. The van der Waals surface area contributed by atoms with Gasteiger partial charge in [-0.3, -0.25) is 0 Å². The van der Waals surface area contributed by atoms with Crippen LogP contribution in [-0.4, -0.2) is 34.5 Å². The maximum atomic E-state index is 10.4. The van der Waals surface area contributed by atoms with E-state index in [0.29, 0.717) is 10.6 Å². The van der Waals surface area contributed by atoms with E-state index in [1.807, 2.05) is 33.1 Å². The van der Waals surface area contributed by atoms with Crippen molar-refractivity contribution in [3.05, 3.63) is 10.4 Å². The number of hydrogen-bond acceptors (Lipinski definition) is 5. The van der Waals surface area contributed by atoms with Crippen molar-refractivity contribution >= 4 is 30.1 Å². The number of aromatic nitrogens is 1. The van der Waals surface area contributed by atoms with Crippen LogP contribution >= 0.6 is 11.3 Å². The molecule has 0 unspecified atom stereocenters. The van der Waals surface area contributed by atoms with E-state index in [9.17, 15) is 4.79 Å². The molecule has 2 N–H and O–H groups in total. The Labute approximate surface area is 116 Å². The van der Waals surface area contributed by atoms with Crippen LogP contribution in [0.15, 0.2) is 5.38 Å². The van der Waals surface area contributed by atoms with Gasteiger partial charge in [0.25, 0.3) is 0 Å². The van der Waals surface area contributed by atoms with E-state index in [2.05, 4.69) is 10.3 Å². The number of carbonyl (C=O) groups is 1. The Morgan fingerprint density at radius 2 is 2.00 bits per heavy atom. The van der Waals surface area contributed by atoms with Gasteiger partial charge in [-0.15, -0.1) is 11.3 Å². The monoisotopic (exact) mass is 284 g/mol. The highest BCUT2D eigenvalue weighted by Gasteiger charge is 2.52. The van der Waals surface area contributed by atoms with Crippen molar-refractivity contribution in [1.29, 1.82) is 0 Å². The quantitative estimate of drug-likeness (QED) is 0.815. The van der Waals surface area contributed by atoms with Crippen LogP contribution in [0.4, 0.5) is 4.79 Å². The highest BCUT2D eigenvalue weighted by Crippen LogP contribution is 2.36. The zero-order chi connectivity index (χ0) is 14.3. The molecule has 1 amide bonds. The number of thiazole rings is 1. The van der Waals surface area contributed by atoms with Crippen molar-refractivity contribution in [2.45, 2.75) is 45.4 Å². The zero-order valence-electron chi connectivity index (χ0n) is 11.4. The van der Waals surface area contributed by atoms with Gasteiger partial charge in [0, 0.05) is 5.38 Å². The Balaban J connectivity index is 2.06. The molecule has 0 spiro atoms. The second kappa shape index (κ2) is 4.77. The van der Waals surface area contributed by atoms with Crippen molar-refractivity contribution in [2.24, 2.45) is 0 Å². The van der Waals surface area contributed by atoms with E-state index in [1.165, 1.54) is 11.3 Å². The Bertz CT molecular complexity index is 473. The van der Waals surface area contributed by atoms with Crippen molar-refractivity contribution in [3.8, 4) is 0 Å². The Morgan fingerprint density at radius 3 is 2.53 bits per heavy atom. The third-order valence-corrected chi connectivity index (χ3v) is 4.32. The van der Waals surface area contributed by atoms with Crippen LogP contribution in [0.1, 0.15) is 32.7 Å². The number of hydrogen-bond donors (Lipinski definition) is 2. The molecule has 1 aromatic heterocycles. The van der Waals surface area contributed by atoms with E-state index < -0.39 is 24.4 Å². The molecule has 2 rings (SSSR count). The summed E-state index contributed by atoms with van der Waals surface area (Å²) in [4.78, 5) is 14.8. The van der Waals surface area contributed by atoms with Gasteiger partial charge in [0.2, 0.25) is 0 Å². The van der Waals surface area contributed by atoms with E-state index in [4.69, 9.17) is 14.4 Å². The summed E-state index contributed by atoms with van der Waals surface area (Å²) in [5, 5.41) is 13.3. The van der Waals surface area contributed by atoms with Crippen molar-refractivity contribution in [2.75, 3.05) is 0 Å². The average Bonchev–Trinajstić information content (AvgIpc) is 2.79. The lowest BCUT2D eigenvalue weighted by Gasteiger charge is -2.32. The normalized spacial score (nSPS) is 20.5. The van der Waals surface area contributed by atoms with Gasteiger partial charge in [0.05, 0.1) is 23.3 Å². The number of rotatable bonds is 3. The molecule has 0 bridgehead atoms. The zero-order valence-corrected chi connectivity index (χ0v) is 12.2. The van der Waals surface area contributed by atoms with Crippen LogP contribution in [0.3, 0.4) is 0 Å². The Hall–Kier alpha value is -1.12. The van der Waals surface area contributed by atoms with E-state index in [1.54, 1.807) is 0 Å². The molecule has 1 aromatic rings. The molecule has 0 aromatic carbocycles. The lowest BCUT2D eigenvalue weighted by Crippen LogP contribution is -2.41. The van der Waals surface area contributed by atoms with Crippen LogP contribution in [0, 0.1) is 0 Å². The highest BCUT2D eigenvalue weighted by molar-refractivity contribution is 7.10. The predicted octanol–water partition coefficient (Wildman–Crippen LogP) is 1.21. The summed E-state index contributed by atoms with van der Waals surface area (Å²) in [5.74, 6) is 0. The van der Waals surface area contributed by atoms with Crippen LogP contribution in [0.25, 0.3) is 0 Å². The first-order valence-electron chi connectivity index (χ1n) is 5.98. The van der Waals surface area contributed by atoms with Gasteiger partial charge < -0.3 is 19.7 Å². The maximum Gasteiger partial charge on any atom is 0.515 e. The fourth-order valence-corrected chi connectivity index (χ4v) is 2.36. The minimum absolute atomic E-state index is 0.194. The molecule has 8 heteroatoms. The third-order valence-electron chi connectivity index (χ3n) is 3.46. The van der Waals surface area contributed by atoms with Gasteiger partial charge >= 0.3 is 13.2 Å². The van der Waals surface area contributed by atoms with Gasteiger partial charge in [-0.1, -0.05) is 0 Å². The molecule has 0 aliphatic carbocycles. The predicted molar refractivity (Wildman–Crippen MR) is 72.7 cm³/mol. The molecule has 2 heterocycles. The largest absolute Gasteiger partial charge is 0.515 e. The second-order valence-corrected chi connectivity index (χ2v) is 6.36. The molecule has 1 aliphatic heterocycles. The Kier molecular flexibility index (Phi) is 3.59. The number of amides is 1. The maximum absolute atomic E-state index is 10.4. The lowest BCUT2D eigenvalue weighted by atomic mass is 9.86. The van der Waals surface area contributed by atoms with Crippen molar-refractivity contribution in [3.63, 3.8) is 0 Å². The summed E-state index contributed by atoms with van der Waals surface area (Å²) in [6.45, 7) is 8.11. The second-order valence-electron chi connectivity index (χ2n) is 5.41. The van der Waals surface area contributed by atoms with Crippen LogP contribution in [0.2, 0.25) is 0 Å². The number of nitrogens with one attached hydrogen (secondary N) is 1. The van der Waals surface area contributed by atoms with Crippen LogP contribution in [0.5, 0.6) is 0 Å². The fraction of sp³-hybridized carbons (Fsp3) is 0.636. The van der Waals surface area contributed by atoms with Gasteiger partial charge in [-0.25, -0.2) is 9.78 Å². The molecule has 0 atom stereocenters. The van der Waals surface area contributed by atoms with Gasteiger partial charge in [0.1, 0.15) is 5.01 Å². The molecule has 0 saturated carbocycles. The summed E-state index contributed by atoms with van der Waals surface area (Å²) in [7, 11) is -0.500. The first kappa shape index (κ1) is 14.3. The minimum Gasteiger partial charge on any atom is -0.465 e. The SMILES string of the molecule is CC1(C)OB(c2csc(CNC(=O)O)n2)OC1(C)C. The third kappa shape index (κ3) is 2.91. The first-order valence-corrected chi connectivity index (χ1v) is 6.86. The summed E-state index contributed by atoms with van der Waals surface area (Å²) in [6.07, 6.45) is -1.06. The number of nitrogens with zero attached hydrogens (tertiary/aromatic N) is 1. The van der Waals surface area contributed by atoms with Gasteiger partial charge in [-0.2, -0.15) is 0 Å². The molecule has 1 fully saturated rings. The first-order chi connectivity index (χ1) is 8.71. The van der Waals surface area contributed by atoms with Crippen LogP contribution in [-0.2, 0) is 15.9 Å². The van der Waals surface area contributed by atoms with Gasteiger partial charge in [-0.05, 0) is 27.7 Å². The molecular weight excluding hydrogens is 267 g/mol. The summed E-state index contributed by atoms with van der Waals surface area (Å²) >= 11 is 1.38. The lowest BCUT2D eigenvalue weighted by molar-refractivity contribution is 0.00578.